The van der Waals surface area contributed by atoms with Gasteiger partial charge in [0.25, 0.3) is 5.91 Å². The van der Waals surface area contributed by atoms with Gasteiger partial charge in [-0.1, -0.05) is 23.8 Å². The summed E-state index contributed by atoms with van der Waals surface area (Å²) in [6, 6.07) is 10.6. The predicted octanol–water partition coefficient (Wildman–Crippen LogP) is 3.83. The van der Waals surface area contributed by atoms with Crippen LogP contribution in [0.3, 0.4) is 0 Å². The van der Waals surface area contributed by atoms with Crippen molar-refractivity contribution >= 4 is 17.6 Å². The minimum atomic E-state index is -4.40. The van der Waals surface area contributed by atoms with E-state index in [1.807, 2.05) is 19.1 Å². The zero-order chi connectivity index (χ0) is 21.9. The second kappa shape index (κ2) is 8.77. The van der Waals surface area contributed by atoms with Crippen LogP contribution >= 0.6 is 0 Å². The Labute approximate surface area is 173 Å². The molecule has 0 aromatic heterocycles. The van der Waals surface area contributed by atoms with E-state index in [1.165, 1.54) is 6.07 Å². The molecule has 8 heteroatoms. The molecule has 30 heavy (non-hydrogen) atoms. The molecule has 0 unspecified atom stereocenters. The molecule has 2 aromatic carbocycles. The molecule has 2 aromatic rings. The Balaban J connectivity index is 1.53. The van der Waals surface area contributed by atoms with Crippen molar-refractivity contribution < 1.29 is 27.5 Å². The topological polar surface area (TPSA) is 49.9 Å². The zero-order valence-electron chi connectivity index (χ0n) is 16.8. The van der Waals surface area contributed by atoms with Crippen LogP contribution < -0.4 is 4.90 Å². The van der Waals surface area contributed by atoms with Gasteiger partial charge in [-0.2, -0.15) is 13.2 Å². The molecule has 1 heterocycles. The molecule has 0 bridgehead atoms. The molecule has 1 fully saturated rings. The van der Waals surface area contributed by atoms with Crippen LogP contribution in [-0.4, -0.2) is 49.6 Å². The van der Waals surface area contributed by atoms with Crippen molar-refractivity contribution in [3.05, 3.63) is 64.7 Å². The van der Waals surface area contributed by atoms with Gasteiger partial charge >= 0.3 is 12.1 Å². The molecule has 1 saturated heterocycles. The smallest absolute Gasteiger partial charge is 0.416 e. The highest BCUT2D eigenvalue weighted by Gasteiger charge is 2.31. The number of esters is 1. The van der Waals surface area contributed by atoms with Gasteiger partial charge < -0.3 is 14.5 Å². The highest BCUT2D eigenvalue weighted by atomic mass is 19.4. The van der Waals surface area contributed by atoms with Crippen LogP contribution in [0.2, 0.25) is 0 Å². The number of rotatable bonds is 4. The number of alkyl halides is 3. The first-order valence-corrected chi connectivity index (χ1v) is 9.59. The largest absolute Gasteiger partial charge is 0.452 e. The average Bonchev–Trinajstić information content (AvgIpc) is 2.73. The van der Waals surface area contributed by atoms with Gasteiger partial charge in [0.2, 0.25) is 0 Å². The van der Waals surface area contributed by atoms with E-state index in [0.717, 1.165) is 23.3 Å². The van der Waals surface area contributed by atoms with Crippen molar-refractivity contribution in [2.75, 3.05) is 37.7 Å². The normalized spacial score (nSPS) is 14.6. The number of halogens is 3. The summed E-state index contributed by atoms with van der Waals surface area (Å²) in [4.78, 5) is 28.0. The summed E-state index contributed by atoms with van der Waals surface area (Å²) in [6.45, 7) is 4.79. The van der Waals surface area contributed by atoms with Crippen LogP contribution in [0.5, 0.6) is 0 Å². The van der Waals surface area contributed by atoms with Crippen molar-refractivity contribution in [2.24, 2.45) is 0 Å². The molecule has 0 aliphatic carbocycles. The lowest BCUT2D eigenvalue weighted by Gasteiger charge is -2.36. The summed E-state index contributed by atoms with van der Waals surface area (Å²) in [6.07, 6.45) is -4.40. The Morgan fingerprint density at radius 3 is 2.37 bits per heavy atom. The molecule has 0 atom stereocenters. The number of carbonyl (C=O) groups is 2. The molecule has 1 amide bonds. The lowest BCUT2D eigenvalue weighted by atomic mass is 10.1. The molecule has 5 nitrogen and oxygen atoms in total. The number of piperazine rings is 1. The molecule has 1 aliphatic heterocycles. The third kappa shape index (κ3) is 5.11. The van der Waals surface area contributed by atoms with Gasteiger partial charge in [0.15, 0.2) is 6.61 Å². The van der Waals surface area contributed by atoms with E-state index in [-0.39, 0.29) is 12.5 Å². The van der Waals surface area contributed by atoms with E-state index < -0.39 is 17.7 Å². The third-order valence-corrected chi connectivity index (χ3v) is 5.11. The highest BCUT2D eigenvalue weighted by molar-refractivity contribution is 5.92. The van der Waals surface area contributed by atoms with E-state index in [4.69, 9.17) is 4.74 Å². The number of carbonyl (C=O) groups excluding carboxylic acids is 2. The fourth-order valence-electron chi connectivity index (χ4n) is 3.35. The molecular weight excluding hydrogens is 397 g/mol. The Hall–Kier alpha value is -3.03. The second-order valence-electron chi connectivity index (χ2n) is 7.31. The van der Waals surface area contributed by atoms with Gasteiger partial charge in [0, 0.05) is 31.9 Å². The maximum atomic E-state index is 12.9. The summed E-state index contributed by atoms with van der Waals surface area (Å²) in [5.41, 5.74) is 1.89. The third-order valence-electron chi connectivity index (χ3n) is 5.11. The van der Waals surface area contributed by atoms with Gasteiger partial charge in [-0.25, -0.2) is 4.79 Å². The number of hydrogen-bond acceptors (Lipinski definition) is 4. The fourth-order valence-corrected chi connectivity index (χ4v) is 3.35. The van der Waals surface area contributed by atoms with E-state index in [2.05, 4.69) is 0 Å². The number of hydrogen-bond donors (Lipinski definition) is 0. The quantitative estimate of drug-likeness (QED) is 0.706. The summed E-state index contributed by atoms with van der Waals surface area (Å²) >= 11 is 0. The number of amides is 1. The molecule has 160 valence electrons. The lowest BCUT2D eigenvalue weighted by molar-refractivity contribution is -0.137. The number of benzene rings is 2. The minimum Gasteiger partial charge on any atom is -0.452 e. The first-order chi connectivity index (χ1) is 14.1. The molecular formula is C22H23F3N2O3. The van der Waals surface area contributed by atoms with Crippen LogP contribution in [0.25, 0.3) is 0 Å². The van der Waals surface area contributed by atoms with Gasteiger partial charge in [0.1, 0.15) is 0 Å². The van der Waals surface area contributed by atoms with Crippen molar-refractivity contribution in [1.82, 2.24) is 4.90 Å². The Morgan fingerprint density at radius 2 is 1.70 bits per heavy atom. The van der Waals surface area contributed by atoms with Crippen LogP contribution in [0.1, 0.15) is 27.0 Å². The number of nitrogens with zero attached hydrogens (tertiary/aromatic N) is 2. The van der Waals surface area contributed by atoms with Gasteiger partial charge in [-0.3, -0.25) is 4.79 Å². The summed E-state index contributed by atoms with van der Waals surface area (Å²) < 4.78 is 43.9. The van der Waals surface area contributed by atoms with E-state index in [1.54, 1.807) is 28.9 Å². The fraction of sp³-hybridized carbons (Fsp3) is 0.364. The predicted molar refractivity (Wildman–Crippen MR) is 106 cm³/mol. The highest BCUT2D eigenvalue weighted by Crippen LogP contribution is 2.31. The molecule has 1 aliphatic rings. The number of aryl methyl sites for hydroxylation is 2. The van der Waals surface area contributed by atoms with E-state index >= 15 is 0 Å². The monoisotopic (exact) mass is 420 g/mol. The molecule has 0 N–H and O–H groups in total. The van der Waals surface area contributed by atoms with Gasteiger partial charge in [-0.05, 0) is 43.7 Å². The molecule has 0 saturated carbocycles. The van der Waals surface area contributed by atoms with E-state index in [9.17, 15) is 22.8 Å². The first kappa shape index (κ1) is 21.7. The van der Waals surface area contributed by atoms with Crippen LogP contribution in [0, 0.1) is 13.8 Å². The maximum Gasteiger partial charge on any atom is 0.416 e. The van der Waals surface area contributed by atoms with Crippen LogP contribution in [-0.2, 0) is 15.7 Å². The molecule has 0 spiro atoms. The van der Waals surface area contributed by atoms with Gasteiger partial charge in [0.05, 0.1) is 11.1 Å². The molecule has 0 radical (unpaired) electrons. The summed E-state index contributed by atoms with van der Waals surface area (Å²) in [5.74, 6) is -0.871. The average molecular weight is 420 g/mol. The lowest BCUT2D eigenvalue weighted by Crippen LogP contribution is -2.50. The van der Waals surface area contributed by atoms with Crippen molar-refractivity contribution in [3.8, 4) is 0 Å². The maximum absolute atomic E-state index is 12.9. The van der Waals surface area contributed by atoms with Crippen LogP contribution in [0.15, 0.2) is 42.5 Å². The summed E-state index contributed by atoms with van der Waals surface area (Å²) in [7, 11) is 0. The van der Waals surface area contributed by atoms with Gasteiger partial charge in [-0.15, -0.1) is 0 Å². The summed E-state index contributed by atoms with van der Waals surface area (Å²) in [5, 5.41) is 0. The standard InChI is InChI=1S/C22H23F3N2O3/c1-15-6-7-16(2)19(12-15)21(29)30-14-20(28)27-10-8-26(9-11-27)18-5-3-4-17(13-18)22(23,24)25/h3-7,12-13H,8-11,14H2,1-2H3. The second-order valence-corrected chi connectivity index (χ2v) is 7.31. The number of anilines is 1. The minimum absolute atomic E-state index is 0.322. The van der Waals surface area contributed by atoms with E-state index in [0.29, 0.717) is 37.4 Å². The Bertz CT molecular complexity index is 935. The van der Waals surface area contributed by atoms with Crippen molar-refractivity contribution in [3.63, 3.8) is 0 Å². The van der Waals surface area contributed by atoms with Crippen molar-refractivity contribution in [2.45, 2.75) is 20.0 Å². The Kier molecular flexibility index (Phi) is 6.34. The first-order valence-electron chi connectivity index (χ1n) is 9.59. The molecule has 3 rings (SSSR count). The zero-order valence-corrected chi connectivity index (χ0v) is 16.8. The Morgan fingerprint density at radius 1 is 1.00 bits per heavy atom. The number of ether oxygens (including phenoxy) is 1. The van der Waals surface area contributed by atoms with Crippen LogP contribution in [0.4, 0.5) is 18.9 Å². The SMILES string of the molecule is Cc1ccc(C)c(C(=O)OCC(=O)N2CCN(c3cccc(C(F)(F)F)c3)CC2)c1. The van der Waals surface area contributed by atoms with Crippen molar-refractivity contribution in [1.29, 1.82) is 0 Å².